The Bertz CT molecular complexity index is 640. The number of imidazole rings is 1. The van der Waals surface area contributed by atoms with Gasteiger partial charge in [0.1, 0.15) is 0 Å². The summed E-state index contributed by atoms with van der Waals surface area (Å²) in [6.45, 7) is 5.79. The van der Waals surface area contributed by atoms with E-state index in [2.05, 4.69) is 55.5 Å². The fourth-order valence-electron chi connectivity index (χ4n) is 2.96. The van der Waals surface area contributed by atoms with Crippen molar-refractivity contribution >= 4 is 39.2 Å². The van der Waals surface area contributed by atoms with Crippen LogP contribution in [0.25, 0.3) is 11.0 Å². The summed E-state index contributed by atoms with van der Waals surface area (Å²) in [7, 11) is 0. The summed E-state index contributed by atoms with van der Waals surface area (Å²) in [5, 5.41) is 0. The molecule has 1 fully saturated rings. The first kappa shape index (κ1) is 13.3. The third-order valence-corrected chi connectivity index (χ3v) is 4.63. The fraction of sp³-hybridized carbons (Fsp3) is 0.500. The van der Waals surface area contributed by atoms with Crippen molar-refractivity contribution in [2.24, 2.45) is 0 Å². The van der Waals surface area contributed by atoms with E-state index >= 15 is 0 Å². The zero-order valence-corrected chi connectivity index (χ0v) is 13.4. The van der Waals surface area contributed by atoms with Crippen molar-refractivity contribution in [2.45, 2.75) is 25.8 Å². The Balaban J connectivity index is 1.94. The van der Waals surface area contributed by atoms with Crippen molar-refractivity contribution in [3.8, 4) is 0 Å². The summed E-state index contributed by atoms with van der Waals surface area (Å²) in [5.41, 5.74) is 2.30. The average molecular weight is 340 g/mol. The van der Waals surface area contributed by atoms with Gasteiger partial charge in [-0.15, -0.1) is 0 Å². The first-order valence-corrected chi connectivity index (χ1v) is 7.97. The van der Waals surface area contributed by atoms with Gasteiger partial charge in [0.25, 0.3) is 0 Å². The second-order valence-electron chi connectivity index (χ2n) is 5.32. The average Bonchev–Trinajstić information content (AvgIpc) is 2.95. The summed E-state index contributed by atoms with van der Waals surface area (Å²) in [4.78, 5) is 5.83. The molecular weight excluding hydrogens is 322 g/mol. The maximum Gasteiger partial charge on any atom is 0.178 e. The molecule has 3 nitrogen and oxygen atoms in total. The lowest BCUT2D eigenvalue weighted by Gasteiger charge is -2.21. The van der Waals surface area contributed by atoms with Crippen molar-refractivity contribution in [2.75, 3.05) is 19.6 Å². The second-order valence-corrected chi connectivity index (χ2v) is 6.62. The SMILES string of the molecule is CC(CN1CCCC1)n1c(=S)[nH]c2cc(Br)ccc21. The van der Waals surface area contributed by atoms with E-state index in [9.17, 15) is 0 Å². The smallest absolute Gasteiger partial charge is 0.178 e. The highest BCUT2D eigenvalue weighted by Gasteiger charge is 2.17. The van der Waals surface area contributed by atoms with Gasteiger partial charge in [0.15, 0.2) is 4.77 Å². The van der Waals surface area contributed by atoms with Gasteiger partial charge in [0, 0.05) is 17.1 Å². The number of fused-ring (bicyclic) bond motifs is 1. The van der Waals surface area contributed by atoms with Crippen molar-refractivity contribution in [3.05, 3.63) is 27.4 Å². The number of nitrogens with zero attached hydrogens (tertiary/aromatic N) is 2. The molecule has 0 spiro atoms. The van der Waals surface area contributed by atoms with Crippen LogP contribution < -0.4 is 0 Å². The number of hydrogen-bond acceptors (Lipinski definition) is 2. The highest BCUT2D eigenvalue weighted by molar-refractivity contribution is 9.10. The predicted molar refractivity (Wildman–Crippen MR) is 85.2 cm³/mol. The molecule has 0 bridgehead atoms. The number of benzene rings is 1. The van der Waals surface area contributed by atoms with E-state index in [0.717, 1.165) is 21.3 Å². The second kappa shape index (κ2) is 5.38. The fourth-order valence-corrected chi connectivity index (χ4v) is 3.71. The molecule has 1 aliphatic heterocycles. The van der Waals surface area contributed by atoms with Crippen LogP contribution in [0.2, 0.25) is 0 Å². The monoisotopic (exact) mass is 339 g/mol. The summed E-state index contributed by atoms with van der Waals surface area (Å²) in [6.07, 6.45) is 2.66. The van der Waals surface area contributed by atoms with Crippen LogP contribution in [-0.2, 0) is 0 Å². The van der Waals surface area contributed by atoms with Gasteiger partial charge in [0.2, 0.25) is 0 Å². The summed E-state index contributed by atoms with van der Waals surface area (Å²) in [6, 6.07) is 6.70. The lowest BCUT2D eigenvalue weighted by atomic mass is 10.2. The molecule has 2 aromatic rings. The number of halogens is 1. The quantitative estimate of drug-likeness (QED) is 0.850. The van der Waals surface area contributed by atoms with Crippen molar-refractivity contribution in [1.82, 2.24) is 14.5 Å². The summed E-state index contributed by atoms with van der Waals surface area (Å²) in [5.74, 6) is 0. The number of rotatable bonds is 3. The minimum Gasteiger partial charge on any atom is -0.331 e. The predicted octanol–water partition coefficient (Wildman–Crippen LogP) is 4.12. The lowest BCUT2D eigenvalue weighted by molar-refractivity contribution is 0.289. The van der Waals surface area contributed by atoms with Gasteiger partial charge < -0.3 is 14.5 Å². The van der Waals surface area contributed by atoms with Gasteiger partial charge in [-0.2, -0.15) is 0 Å². The van der Waals surface area contributed by atoms with Gasteiger partial charge in [-0.25, -0.2) is 0 Å². The Morgan fingerprint density at radius 1 is 1.37 bits per heavy atom. The van der Waals surface area contributed by atoms with Gasteiger partial charge in [-0.3, -0.25) is 0 Å². The Hall–Kier alpha value is -0.650. The number of nitrogens with one attached hydrogen (secondary N) is 1. The van der Waals surface area contributed by atoms with E-state index in [1.165, 1.54) is 31.4 Å². The molecule has 1 N–H and O–H groups in total. The van der Waals surface area contributed by atoms with Crippen molar-refractivity contribution in [3.63, 3.8) is 0 Å². The summed E-state index contributed by atoms with van der Waals surface area (Å²) < 4.78 is 4.14. The molecule has 0 aliphatic carbocycles. The van der Waals surface area contributed by atoms with Gasteiger partial charge >= 0.3 is 0 Å². The third-order valence-electron chi connectivity index (χ3n) is 3.84. The molecule has 1 atom stereocenters. The minimum absolute atomic E-state index is 0.403. The Morgan fingerprint density at radius 2 is 2.11 bits per heavy atom. The highest BCUT2D eigenvalue weighted by Crippen LogP contribution is 2.23. The molecule has 1 aromatic heterocycles. The van der Waals surface area contributed by atoms with Gasteiger partial charge in [0.05, 0.1) is 11.0 Å². The third kappa shape index (κ3) is 2.64. The van der Waals surface area contributed by atoms with E-state index in [4.69, 9.17) is 12.2 Å². The molecule has 1 aliphatic rings. The zero-order valence-electron chi connectivity index (χ0n) is 11.0. The lowest BCUT2D eigenvalue weighted by Crippen LogP contribution is -2.27. The normalized spacial score (nSPS) is 18.2. The van der Waals surface area contributed by atoms with Gasteiger partial charge in [-0.05, 0) is 63.3 Å². The summed E-state index contributed by atoms with van der Waals surface area (Å²) >= 11 is 8.99. The molecule has 1 saturated heterocycles. The molecule has 3 rings (SSSR count). The van der Waals surface area contributed by atoms with Crippen LogP contribution in [0.15, 0.2) is 22.7 Å². The van der Waals surface area contributed by atoms with Crippen molar-refractivity contribution < 1.29 is 0 Å². The molecule has 5 heteroatoms. The molecule has 1 unspecified atom stereocenters. The number of aromatic amines is 1. The topological polar surface area (TPSA) is 24.0 Å². The minimum atomic E-state index is 0.403. The standard InChI is InChI=1S/C14H18BrN3S/c1-10(9-17-6-2-3-7-17)18-13-5-4-11(15)8-12(13)16-14(18)19/h4-5,8,10H,2-3,6-7,9H2,1H3,(H,16,19). The molecular formula is C14H18BrN3S. The maximum atomic E-state index is 5.49. The molecule has 19 heavy (non-hydrogen) atoms. The Morgan fingerprint density at radius 3 is 2.84 bits per heavy atom. The van der Waals surface area contributed by atoms with Crippen LogP contribution in [0.3, 0.4) is 0 Å². The van der Waals surface area contributed by atoms with E-state index in [1.807, 2.05) is 0 Å². The maximum absolute atomic E-state index is 5.49. The molecule has 0 saturated carbocycles. The van der Waals surface area contributed by atoms with Crippen molar-refractivity contribution in [1.29, 1.82) is 0 Å². The largest absolute Gasteiger partial charge is 0.331 e. The van der Waals surface area contributed by atoms with Crippen LogP contribution in [0.1, 0.15) is 25.8 Å². The molecule has 2 heterocycles. The number of likely N-dealkylation sites (tertiary alicyclic amines) is 1. The molecule has 0 amide bonds. The van der Waals surface area contributed by atoms with Crippen LogP contribution in [-0.4, -0.2) is 34.1 Å². The van der Waals surface area contributed by atoms with Crippen LogP contribution in [0, 0.1) is 4.77 Å². The van der Waals surface area contributed by atoms with Crippen LogP contribution in [0.5, 0.6) is 0 Å². The van der Waals surface area contributed by atoms with Crippen LogP contribution in [0.4, 0.5) is 0 Å². The number of hydrogen-bond donors (Lipinski definition) is 1. The van der Waals surface area contributed by atoms with E-state index < -0.39 is 0 Å². The number of aromatic nitrogens is 2. The van der Waals surface area contributed by atoms with E-state index in [-0.39, 0.29) is 0 Å². The first-order chi connectivity index (χ1) is 9.15. The molecule has 1 aromatic carbocycles. The zero-order chi connectivity index (χ0) is 13.4. The molecule has 102 valence electrons. The molecule has 0 radical (unpaired) electrons. The van der Waals surface area contributed by atoms with Gasteiger partial charge in [-0.1, -0.05) is 15.9 Å². The highest BCUT2D eigenvalue weighted by atomic mass is 79.9. The van der Waals surface area contributed by atoms with E-state index in [1.54, 1.807) is 0 Å². The van der Waals surface area contributed by atoms with E-state index in [0.29, 0.717) is 6.04 Å². The Kier molecular flexibility index (Phi) is 3.78. The number of H-pyrrole nitrogens is 1. The Labute approximate surface area is 126 Å². The first-order valence-electron chi connectivity index (χ1n) is 6.77. The van der Waals surface area contributed by atoms with Crippen LogP contribution >= 0.6 is 28.1 Å².